The third-order valence-electron chi connectivity index (χ3n) is 3.83. The highest BCUT2D eigenvalue weighted by Crippen LogP contribution is 2.12. The van der Waals surface area contributed by atoms with Crippen LogP contribution in [0.3, 0.4) is 0 Å². The summed E-state index contributed by atoms with van der Waals surface area (Å²) in [7, 11) is 9.86. The number of hydrogen-bond acceptors (Lipinski definition) is 7. The van der Waals surface area contributed by atoms with Crippen molar-refractivity contribution in [3.63, 3.8) is 0 Å². The number of esters is 2. The molecule has 26 heavy (non-hydrogen) atoms. The van der Waals surface area contributed by atoms with E-state index in [9.17, 15) is 9.59 Å². The Morgan fingerprint density at radius 3 is 2.04 bits per heavy atom. The normalized spacial score (nSPS) is 10.9. The molecule has 7 heteroatoms. The van der Waals surface area contributed by atoms with Gasteiger partial charge in [0.05, 0.1) is 12.0 Å². The van der Waals surface area contributed by atoms with Crippen LogP contribution in [0, 0.1) is 0 Å². The second-order valence-electron chi connectivity index (χ2n) is 6.65. The first-order chi connectivity index (χ1) is 12.3. The summed E-state index contributed by atoms with van der Waals surface area (Å²) in [5, 5.41) is 0. The molecule has 0 N–H and O–H groups in total. The van der Waals surface area contributed by atoms with Crippen LogP contribution in [-0.2, 0) is 14.3 Å². The molecule has 0 saturated heterocycles. The van der Waals surface area contributed by atoms with Crippen LogP contribution in [0.15, 0.2) is 24.3 Å². The summed E-state index contributed by atoms with van der Waals surface area (Å²) >= 11 is 0. The minimum absolute atomic E-state index is 0.0521. The predicted molar refractivity (Wildman–Crippen MR) is 103 cm³/mol. The molecule has 1 aromatic rings. The van der Waals surface area contributed by atoms with Gasteiger partial charge in [0.15, 0.2) is 0 Å². The number of benzene rings is 1. The molecule has 1 aromatic carbocycles. The quantitative estimate of drug-likeness (QED) is 0.433. The number of nitrogens with zero attached hydrogens (tertiary/aromatic N) is 3. The summed E-state index contributed by atoms with van der Waals surface area (Å²) in [6.45, 7) is 2.60. The van der Waals surface area contributed by atoms with E-state index in [4.69, 9.17) is 9.47 Å². The molecule has 1 rings (SSSR count). The van der Waals surface area contributed by atoms with Gasteiger partial charge in [-0.15, -0.1) is 0 Å². The molecule has 0 bridgehead atoms. The monoisotopic (exact) mass is 365 g/mol. The van der Waals surface area contributed by atoms with Gasteiger partial charge in [0.2, 0.25) is 0 Å². The average Bonchev–Trinajstić information content (AvgIpc) is 2.61. The Morgan fingerprint density at radius 2 is 1.46 bits per heavy atom. The standard InChI is InChI=1S/C19H31N3O4/c1-20(2)12-13-22(5)11-10-18(23)25-14-15-26-19(24)16-6-8-17(9-7-16)21(3)4/h6-9H,10-15H2,1-5H3. The summed E-state index contributed by atoms with van der Waals surface area (Å²) in [4.78, 5) is 29.8. The maximum Gasteiger partial charge on any atom is 0.338 e. The molecular formula is C19H31N3O4. The Bertz CT molecular complexity index is 558. The van der Waals surface area contributed by atoms with Gasteiger partial charge in [-0.05, 0) is 45.4 Å². The largest absolute Gasteiger partial charge is 0.462 e. The van der Waals surface area contributed by atoms with Crippen LogP contribution in [0.4, 0.5) is 5.69 Å². The first-order valence-corrected chi connectivity index (χ1v) is 8.73. The van der Waals surface area contributed by atoms with E-state index in [-0.39, 0.29) is 19.2 Å². The number of rotatable bonds is 11. The molecule has 0 amide bonds. The Labute approximate surface area is 156 Å². The maximum atomic E-state index is 11.9. The van der Waals surface area contributed by atoms with Crippen molar-refractivity contribution in [2.75, 3.05) is 73.0 Å². The van der Waals surface area contributed by atoms with Crippen LogP contribution in [-0.4, -0.2) is 89.8 Å². The number of ether oxygens (including phenoxy) is 2. The molecule has 0 fully saturated rings. The van der Waals surface area contributed by atoms with Gasteiger partial charge in [-0.25, -0.2) is 4.79 Å². The average molecular weight is 365 g/mol. The van der Waals surface area contributed by atoms with Gasteiger partial charge < -0.3 is 24.2 Å². The van der Waals surface area contributed by atoms with Gasteiger partial charge in [0.1, 0.15) is 13.2 Å². The molecule has 146 valence electrons. The van der Waals surface area contributed by atoms with Gasteiger partial charge in [0, 0.05) is 39.4 Å². The second-order valence-corrected chi connectivity index (χ2v) is 6.65. The van der Waals surface area contributed by atoms with Gasteiger partial charge in [-0.1, -0.05) is 0 Å². The third kappa shape index (κ3) is 8.82. The summed E-state index contributed by atoms with van der Waals surface area (Å²) in [6, 6.07) is 7.13. The number of anilines is 1. The fourth-order valence-corrected chi connectivity index (χ4v) is 2.11. The number of hydrogen-bond donors (Lipinski definition) is 0. The van der Waals surface area contributed by atoms with Crippen molar-refractivity contribution in [3.05, 3.63) is 29.8 Å². The van der Waals surface area contributed by atoms with Crippen LogP contribution in [0.25, 0.3) is 0 Å². The number of likely N-dealkylation sites (N-methyl/N-ethyl adjacent to an activating group) is 2. The number of carbonyl (C=O) groups excluding carboxylic acids is 2. The molecule has 0 saturated carbocycles. The van der Waals surface area contributed by atoms with Crippen LogP contribution in [0.2, 0.25) is 0 Å². The van der Waals surface area contributed by atoms with E-state index in [1.807, 2.05) is 52.3 Å². The molecule has 0 unspecified atom stereocenters. The van der Waals surface area contributed by atoms with E-state index >= 15 is 0 Å². The topological polar surface area (TPSA) is 62.3 Å². The first kappa shape index (κ1) is 21.9. The van der Waals surface area contributed by atoms with Gasteiger partial charge in [-0.2, -0.15) is 0 Å². The smallest absolute Gasteiger partial charge is 0.338 e. The lowest BCUT2D eigenvalue weighted by Gasteiger charge is -2.18. The lowest BCUT2D eigenvalue weighted by molar-refractivity contribution is -0.145. The Kier molecular flexibility index (Phi) is 9.69. The van der Waals surface area contributed by atoms with Crippen molar-refractivity contribution in [3.8, 4) is 0 Å². The highest BCUT2D eigenvalue weighted by Gasteiger charge is 2.09. The molecule has 0 heterocycles. The van der Waals surface area contributed by atoms with E-state index in [1.54, 1.807) is 12.1 Å². The lowest BCUT2D eigenvalue weighted by atomic mass is 10.2. The van der Waals surface area contributed by atoms with Crippen molar-refractivity contribution < 1.29 is 19.1 Å². The fourth-order valence-electron chi connectivity index (χ4n) is 2.11. The van der Waals surface area contributed by atoms with E-state index in [1.165, 1.54) is 0 Å². The molecule has 0 aliphatic heterocycles. The third-order valence-corrected chi connectivity index (χ3v) is 3.83. The first-order valence-electron chi connectivity index (χ1n) is 8.73. The SMILES string of the molecule is CN(C)CCN(C)CCC(=O)OCCOC(=O)c1ccc(N(C)C)cc1. The molecule has 0 aliphatic rings. The molecule has 0 atom stereocenters. The minimum atomic E-state index is -0.422. The predicted octanol–water partition coefficient (Wildman–Crippen LogP) is 1.34. The van der Waals surface area contributed by atoms with Crippen molar-refractivity contribution in [1.82, 2.24) is 9.80 Å². The highest BCUT2D eigenvalue weighted by atomic mass is 16.6. The second kappa shape index (κ2) is 11.5. The van der Waals surface area contributed by atoms with E-state index in [0.717, 1.165) is 18.8 Å². The van der Waals surface area contributed by atoms with Crippen LogP contribution in [0.1, 0.15) is 16.8 Å². The molecule has 7 nitrogen and oxygen atoms in total. The van der Waals surface area contributed by atoms with Crippen molar-refractivity contribution in [2.24, 2.45) is 0 Å². The Morgan fingerprint density at radius 1 is 0.846 bits per heavy atom. The summed E-state index contributed by atoms with van der Waals surface area (Å²) in [5.41, 5.74) is 1.48. The zero-order valence-electron chi connectivity index (χ0n) is 16.5. The molecule has 0 aromatic heterocycles. The molecular weight excluding hydrogens is 334 g/mol. The molecule has 0 spiro atoms. The van der Waals surface area contributed by atoms with E-state index < -0.39 is 5.97 Å². The summed E-state index contributed by atoms with van der Waals surface area (Å²) in [5.74, 6) is -0.706. The molecule has 0 aliphatic carbocycles. The fraction of sp³-hybridized carbons (Fsp3) is 0.579. The zero-order chi connectivity index (χ0) is 19.5. The maximum absolute atomic E-state index is 11.9. The van der Waals surface area contributed by atoms with Crippen LogP contribution in [0.5, 0.6) is 0 Å². The van der Waals surface area contributed by atoms with Crippen molar-refractivity contribution in [1.29, 1.82) is 0 Å². The Balaban J connectivity index is 2.19. The zero-order valence-corrected chi connectivity index (χ0v) is 16.5. The van der Waals surface area contributed by atoms with Crippen LogP contribution >= 0.6 is 0 Å². The van der Waals surface area contributed by atoms with Gasteiger partial charge in [0.25, 0.3) is 0 Å². The van der Waals surface area contributed by atoms with Crippen LogP contribution < -0.4 is 4.90 Å². The highest BCUT2D eigenvalue weighted by molar-refractivity contribution is 5.89. The number of carbonyl (C=O) groups is 2. The van der Waals surface area contributed by atoms with Crippen molar-refractivity contribution >= 4 is 17.6 Å². The summed E-state index contributed by atoms with van der Waals surface area (Å²) in [6.07, 6.45) is 0.323. The minimum Gasteiger partial charge on any atom is -0.462 e. The van der Waals surface area contributed by atoms with E-state index in [2.05, 4.69) is 9.80 Å². The lowest BCUT2D eigenvalue weighted by Crippen LogP contribution is -2.30. The Hall–Kier alpha value is -2.12. The summed E-state index contributed by atoms with van der Waals surface area (Å²) < 4.78 is 10.2. The van der Waals surface area contributed by atoms with Gasteiger partial charge in [-0.3, -0.25) is 4.79 Å². The van der Waals surface area contributed by atoms with Crippen molar-refractivity contribution in [2.45, 2.75) is 6.42 Å². The van der Waals surface area contributed by atoms with E-state index in [0.29, 0.717) is 18.5 Å². The van der Waals surface area contributed by atoms with Gasteiger partial charge >= 0.3 is 11.9 Å². The molecule has 0 radical (unpaired) electrons.